The van der Waals surface area contributed by atoms with Gasteiger partial charge in [0.2, 0.25) is 5.91 Å². The average molecular weight is 618 g/mol. The zero-order valence-electron chi connectivity index (χ0n) is 27.6. The fraction of sp³-hybridized carbons (Fsp3) is 0.600. The summed E-state index contributed by atoms with van der Waals surface area (Å²) in [7, 11) is 0. The van der Waals surface area contributed by atoms with Crippen molar-refractivity contribution < 1.29 is 14.4 Å². The van der Waals surface area contributed by atoms with Crippen LogP contribution in [0.1, 0.15) is 116 Å². The molecule has 0 aliphatic carbocycles. The van der Waals surface area contributed by atoms with E-state index in [1.165, 1.54) is 0 Å². The molecule has 0 spiro atoms. The number of aryl methyl sites for hydroxylation is 1. The van der Waals surface area contributed by atoms with Gasteiger partial charge in [-0.1, -0.05) is 13.8 Å². The van der Waals surface area contributed by atoms with Gasteiger partial charge in [-0.05, 0) is 109 Å². The summed E-state index contributed by atoms with van der Waals surface area (Å²) in [5.74, 6) is 0.192. The number of carbonyl (C=O) groups excluding carboxylic acids is 3. The molecule has 0 radical (unpaired) electrons. The Morgan fingerprint density at radius 2 is 1.64 bits per heavy atom. The molecule has 45 heavy (non-hydrogen) atoms. The van der Waals surface area contributed by atoms with Crippen LogP contribution in [0, 0.1) is 6.92 Å². The maximum absolute atomic E-state index is 13.7. The lowest BCUT2D eigenvalue weighted by molar-refractivity contribution is 0.0884. The lowest BCUT2D eigenvalue weighted by atomic mass is 9.96. The largest absolute Gasteiger partial charge is 0.382 e. The van der Waals surface area contributed by atoms with E-state index in [-0.39, 0.29) is 42.0 Å². The number of nitrogens with one attached hydrogen (secondary N) is 3. The first-order valence-corrected chi connectivity index (χ1v) is 16.9. The third-order valence-corrected chi connectivity index (χ3v) is 10.1. The highest BCUT2D eigenvalue weighted by Crippen LogP contribution is 2.39. The van der Waals surface area contributed by atoms with Crippen molar-refractivity contribution >= 4 is 29.2 Å². The Morgan fingerprint density at radius 1 is 0.956 bits per heavy atom. The van der Waals surface area contributed by atoms with E-state index < -0.39 is 5.91 Å². The molecule has 0 saturated carbocycles. The third kappa shape index (κ3) is 7.43. The number of primary amides is 1. The summed E-state index contributed by atoms with van der Waals surface area (Å²) in [5.41, 5.74) is 8.52. The quantitative estimate of drug-likeness (QED) is 0.289. The molecule has 3 saturated heterocycles. The van der Waals surface area contributed by atoms with Gasteiger partial charge in [0.15, 0.2) is 0 Å². The van der Waals surface area contributed by atoms with Crippen LogP contribution in [0.3, 0.4) is 0 Å². The maximum Gasteiger partial charge on any atom is 0.253 e. The van der Waals surface area contributed by atoms with Gasteiger partial charge in [-0.15, -0.1) is 0 Å². The predicted molar refractivity (Wildman–Crippen MR) is 179 cm³/mol. The van der Waals surface area contributed by atoms with Gasteiger partial charge < -0.3 is 26.6 Å². The van der Waals surface area contributed by atoms with Crippen molar-refractivity contribution in [3.05, 3.63) is 52.7 Å². The minimum Gasteiger partial charge on any atom is -0.382 e. The minimum absolute atomic E-state index is 0.0364. The number of carbonyl (C=O) groups is 3. The van der Waals surface area contributed by atoms with Crippen molar-refractivity contribution in [3.63, 3.8) is 0 Å². The SMILES string of the molecule is CCC(CC)Nc1cc(C(N)=O)c(C)cc1C(=O)NC1C[C@H]2CC[C@@H](C1)N2c1ccc(C(=O)N[C@@H]2CCCN(C(C)C)C2)cn1. The number of nitrogens with zero attached hydrogens (tertiary/aromatic N) is 3. The number of amides is 3. The number of rotatable bonds is 11. The van der Waals surface area contributed by atoms with Gasteiger partial charge in [0.1, 0.15) is 5.82 Å². The fourth-order valence-corrected chi connectivity index (χ4v) is 7.46. The number of aromatic nitrogens is 1. The molecule has 3 aliphatic heterocycles. The van der Waals surface area contributed by atoms with Crippen LogP contribution in [0.2, 0.25) is 0 Å². The summed E-state index contributed by atoms with van der Waals surface area (Å²) >= 11 is 0. The normalized spacial score (nSPS) is 23.3. The Kier molecular flexibility index (Phi) is 10.3. The predicted octanol–water partition coefficient (Wildman–Crippen LogP) is 4.62. The molecular formula is C35H51N7O3. The molecule has 5 N–H and O–H groups in total. The van der Waals surface area contributed by atoms with Crippen molar-refractivity contribution in [2.75, 3.05) is 23.3 Å². The van der Waals surface area contributed by atoms with Crippen LogP contribution in [-0.4, -0.2) is 76.9 Å². The molecule has 3 amide bonds. The molecule has 244 valence electrons. The highest BCUT2D eigenvalue weighted by atomic mass is 16.2. The Balaban J connectivity index is 1.22. The van der Waals surface area contributed by atoms with Crippen LogP contribution in [0.5, 0.6) is 0 Å². The van der Waals surface area contributed by atoms with E-state index in [0.717, 1.165) is 70.3 Å². The summed E-state index contributed by atoms with van der Waals surface area (Å²) in [6, 6.07) is 8.77. The first-order chi connectivity index (χ1) is 21.6. The monoisotopic (exact) mass is 617 g/mol. The number of fused-ring (bicyclic) bond motifs is 2. The second-order valence-corrected chi connectivity index (χ2v) is 13.5. The van der Waals surface area contributed by atoms with Gasteiger partial charge in [-0.3, -0.25) is 19.3 Å². The van der Waals surface area contributed by atoms with E-state index in [1.807, 2.05) is 19.1 Å². The van der Waals surface area contributed by atoms with Crippen LogP contribution in [-0.2, 0) is 0 Å². The smallest absolute Gasteiger partial charge is 0.253 e. The van der Waals surface area contributed by atoms with Crippen LogP contribution in [0.25, 0.3) is 0 Å². The van der Waals surface area contributed by atoms with Crippen molar-refractivity contribution in [2.45, 2.75) is 122 Å². The highest BCUT2D eigenvalue weighted by Gasteiger charge is 2.42. The van der Waals surface area contributed by atoms with Gasteiger partial charge in [0, 0.05) is 60.2 Å². The maximum atomic E-state index is 13.7. The lowest BCUT2D eigenvalue weighted by Crippen LogP contribution is -2.51. The number of hydrogen-bond acceptors (Lipinski definition) is 7. The molecule has 3 aliphatic rings. The number of likely N-dealkylation sites (tertiary alicyclic amines) is 1. The first-order valence-electron chi connectivity index (χ1n) is 16.9. The molecule has 4 atom stereocenters. The molecule has 10 heteroatoms. The van der Waals surface area contributed by atoms with E-state index in [4.69, 9.17) is 10.7 Å². The molecule has 10 nitrogen and oxygen atoms in total. The zero-order chi connectivity index (χ0) is 32.2. The Labute approximate surface area is 267 Å². The number of hydrogen-bond donors (Lipinski definition) is 4. The second-order valence-electron chi connectivity index (χ2n) is 13.5. The van der Waals surface area contributed by atoms with E-state index in [0.29, 0.717) is 34.0 Å². The van der Waals surface area contributed by atoms with Crippen LogP contribution in [0.4, 0.5) is 11.5 Å². The van der Waals surface area contributed by atoms with Crippen molar-refractivity contribution in [2.24, 2.45) is 5.73 Å². The molecule has 2 bridgehead atoms. The molecule has 1 aromatic carbocycles. The molecule has 2 aromatic rings. The summed E-state index contributed by atoms with van der Waals surface area (Å²) < 4.78 is 0. The Bertz CT molecular complexity index is 1360. The summed E-state index contributed by atoms with van der Waals surface area (Å²) in [4.78, 5) is 48.3. The number of anilines is 2. The molecule has 1 unspecified atom stereocenters. The second kappa shape index (κ2) is 14.2. The molecule has 5 rings (SSSR count). The van der Waals surface area contributed by atoms with Gasteiger partial charge >= 0.3 is 0 Å². The zero-order valence-corrected chi connectivity index (χ0v) is 27.6. The van der Waals surface area contributed by atoms with E-state index in [2.05, 4.69) is 53.4 Å². The van der Waals surface area contributed by atoms with Crippen molar-refractivity contribution in [1.82, 2.24) is 20.5 Å². The minimum atomic E-state index is -0.500. The summed E-state index contributed by atoms with van der Waals surface area (Å²) in [6.45, 7) is 12.4. The van der Waals surface area contributed by atoms with Crippen molar-refractivity contribution in [1.29, 1.82) is 0 Å². The standard InChI is InChI=1S/C35H51N7O3/c1-6-24(7-2)38-31-18-29(33(36)43)22(5)15-30(31)35(45)40-26-16-27-11-12-28(17-26)42(27)32-13-10-23(19-37-32)34(44)39-25-9-8-14-41(20-25)21(3)4/h10,13,15,18-19,21,24-28,38H,6-9,11-12,14,16-17,20H2,1-5H3,(H2,36,43)(H,39,44)(H,40,45)/t25-,26?,27-,28+/m1/s1. The number of nitrogens with two attached hydrogens (primary N) is 1. The number of pyridine rings is 1. The Hall–Kier alpha value is -3.66. The van der Waals surface area contributed by atoms with Crippen LogP contribution < -0.4 is 26.6 Å². The summed E-state index contributed by atoms with van der Waals surface area (Å²) in [5, 5.41) is 10.00. The third-order valence-electron chi connectivity index (χ3n) is 10.1. The molecule has 1 aromatic heterocycles. The van der Waals surface area contributed by atoms with Gasteiger partial charge in [-0.25, -0.2) is 4.98 Å². The highest BCUT2D eigenvalue weighted by molar-refractivity contribution is 6.03. The topological polar surface area (TPSA) is 133 Å². The Morgan fingerprint density at radius 3 is 2.24 bits per heavy atom. The molecule has 3 fully saturated rings. The van der Waals surface area contributed by atoms with Gasteiger partial charge in [-0.2, -0.15) is 0 Å². The lowest BCUT2D eigenvalue weighted by Gasteiger charge is -2.40. The van der Waals surface area contributed by atoms with Gasteiger partial charge in [0.05, 0.1) is 11.1 Å². The summed E-state index contributed by atoms with van der Waals surface area (Å²) in [6.07, 6.45) is 9.34. The van der Waals surface area contributed by atoms with E-state index >= 15 is 0 Å². The molecule has 4 heterocycles. The first kappa shape index (κ1) is 32.7. The van der Waals surface area contributed by atoms with Crippen LogP contribution in [0.15, 0.2) is 30.5 Å². The van der Waals surface area contributed by atoms with Gasteiger partial charge in [0.25, 0.3) is 11.8 Å². The molecular weight excluding hydrogens is 566 g/mol. The number of piperidine rings is 2. The van der Waals surface area contributed by atoms with E-state index in [1.54, 1.807) is 18.3 Å². The van der Waals surface area contributed by atoms with Crippen LogP contribution >= 0.6 is 0 Å². The van der Waals surface area contributed by atoms with E-state index in [9.17, 15) is 14.4 Å². The average Bonchev–Trinajstić information content (AvgIpc) is 3.29. The number of benzene rings is 1. The fourth-order valence-electron chi connectivity index (χ4n) is 7.46. The van der Waals surface area contributed by atoms with Crippen molar-refractivity contribution in [3.8, 4) is 0 Å².